The molecule has 0 radical (unpaired) electrons. The first-order valence-corrected chi connectivity index (χ1v) is 10.4. The molecular weight excluding hydrogens is 388 g/mol. The Morgan fingerprint density at radius 3 is 2.69 bits per heavy atom. The summed E-state index contributed by atoms with van der Waals surface area (Å²) in [6, 6.07) is 11.2. The van der Waals surface area contributed by atoms with Crippen LogP contribution in [0.15, 0.2) is 40.9 Å². The lowest BCUT2D eigenvalue weighted by molar-refractivity contribution is -0.114. The van der Waals surface area contributed by atoms with Crippen LogP contribution in [-0.4, -0.2) is 39.9 Å². The second-order valence-corrected chi connectivity index (χ2v) is 8.50. The lowest BCUT2D eigenvalue weighted by Crippen LogP contribution is -2.38. The maximum Gasteiger partial charge on any atom is 0.263 e. The van der Waals surface area contributed by atoms with Gasteiger partial charge in [-0.05, 0) is 56.2 Å². The van der Waals surface area contributed by atoms with Crippen molar-refractivity contribution in [2.24, 2.45) is 0 Å². The van der Waals surface area contributed by atoms with Gasteiger partial charge in [0.05, 0.1) is 10.8 Å². The van der Waals surface area contributed by atoms with E-state index in [0.29, 0.717) is 18.3 Å². The number of carbonyl (C=O) groups is 2. The summed E-state index contributed by atoms with van der Waals surface area (Å²) in [5.74, 6) is 1.06. The molecule has 1 saturated heterocycles. The number of aryl methyl sites for hydroxylation is 1. The fourth-order valence-electron chi connectivity index (χ4n) is 3.49. The van der Waals surface area contributed by atoms with Gasteiger partial charge in [0.2, 0.25) is 17.6 Å². The molecule has 1 N–H and O–H groups in total. The molecule has 0 aliphatic carbocycles. The SMILES string of the molecule is CC(=O)Nc1ccc(-c2noc([C@H]3CCCN(C(=O)c4ccc(C)s4)C3)n2)cc1. The van der Waals surface area contributed by atoms with Gasteiger partial charge >= 0.3 is 0 Å². The first kappa shape index (κ1) is 19.3. The Hall–Kier alpha value is -3.00. The molecule has 1 fully saturated rings. The zero-order valence-corrected chi connectivity index (χ0v) is 17.2. The number of likely N-dealkylation sites (tertiary alicyclic amines) is 1. The molecule has 1 aromatic carbocycles. The van der Waals surface area contributed by atoms with Gasteiger partial charge in [-0.15, -0.1) is 11.3 Å². The summed E-state index contributed by atoms with van der Waals surface area (Å²) in [5.41, 5.74) is 1.53. The van der Waals surface area contributed by atoms with Crippen LogP contribution in [0.2, 0.25) is 0 Å². The molecule has 2 amide bonds. The van der Waals surface area contributed by atoms with Crippen LogP contribution in [-0.2, 0) is 4.79 Å². The van der Waals surface area contributed by atoms with E-state index >= 15 is 0 Å². The highest BCUT2D eigenvalue weighted by atomic mass is 32.1. The topological polar surface area (TPSA) is 88.3 Å². The maximum absolute atomic E-state index is 12.8. The van der Waals surface area contributed by atoms with E-state index in [9.17, 15) is 9.59 Å². The van der Waals surface area contributed by atoms with E-state index < -0.39 is 0 Å². The first-order valence-electron chi connectivity index (χ1n) is 9.57. The van der Waals surface area contributed by atoms with Crippen molar-refractivity contribution in [1.82, 2.24) is 15.0 Å². The van der Waals surface area contributed by atoms with Crippen LogP contribution < -0.4 is 5.32 Å². The van der Waals surface area contributed by atoms with Gasteiger partial charge in [0, 0.05) is 36.1 Å². The second-order valence-electron chi connectivity index (χ2n) is 7.22. The highest BCUT2D eigenvalue weighted by molar-refractivity contribution is 7.13. The maximum atomic E-state index is 12.8. The van der Waals surface area contributed by atoms with E-state index in [2.05, 4.69) is 15.5 Å². The third-order valence-corrected chi connectivity index (χ3v) is 5.90. The van der Waals surface area contributed by atoms with Crippen molar-refractivity contribution in [2.75, 3.05) is 18.4 Å². The molecule has 8 heteroatoms. The van der Waals surface area contributed by atoms with E-state index in [-0.39, 0.29) is 17.7 Å². The average Bonchev–Trinajstić information content (AvgIpc) is 3.37. The molecule has 29 heavy (non-hydrogen) atoms. The molecule has 1 atom stereocenters. The number of nitrogens with one attached hydrogen (secondary N) is 1. The van der Waals surface area contributed by atoms with Gasteiger partial charge in [0.15, 0.2) is 0 Å². The van der Waals surface area contributed by atoms with Gasteiger partial charge in [0.1, 0.15) is 0 Å². The van der Waals surface area contributed by atoms with Crippen LogP contribution >= 0.6 is 11.3 Å². The highest BCUT2D eigenvalue weighted by Crippen LogP contribution is 2.29. The molecule has 1 aliphatic heterocycles. The van der Waals surface area contributed by atoms with E-state index in [0.717, 1.165) is 40.4 Å². The van der Waals surface area contributed by atoms with Gasteiger partial charge in [-0.25, -0.2) is 0 Å². The van der Waals surface area contributed by atoms with Crippen LogP contribution in [0.1, 0.15) is 46.1 Å². The summed E-state index contributed by atoms with van der Waals surface area (Å²) in [4.78, 5) is 32.2. The standard InChI is InChI=1S/C21H22N4O3S/c1-13-5-10-18(29-13)21(27)25-11-3-4-16(12-25)20-23-19(24-28-20)15-6-8-17(9-7-15)22-14(2)26/h5-10,16H,3-4,11-12H2,1-2H3,(H,22,26)/t16-/m0/s1. The minimum atomic E-state index is -0.117. The zero-order chi connectivity index (χ0) is 20.4. The average molecular weight is 410 g/mol. The van der Waals surface area contributed by atoms with Crippen LogP contribution in [0.4, 0.5) is 5.69 Å². The molecule has 0 bridgehead atoms. The minimum absolute atomic E-state index is 0.0358. The van der Waals surface area contributed by atoms with Gasteiger partial charge in [-0.3, -0.25) is 9.59 Å². The van der Waals surface area contributed by atoms with Gasteiger partial charge in [-0.2, -0.15) is 4.98 Å². The normalized spacial score (nSPS) is 16.6. The van der Waals surface area contributed by atoms with E-state index in [1.807, 2.05) is 36.1 Å². The number of thiophene rings is 1. The number of benzene rings is 1. The Labute approximate surface area is 172 Å². The Balaban J connectivity index is 1.46. The number of hydrogen-bond acceptors (Lipinski definition) is 6. The van der Waals surface area contributed by atoms with Crippen LogP contribution in [0.3, 0.4) is 0 Å². The third kappa shape index (κ3) is 4.37. The summed E-state index contributed by atoms with van der Waals surface area (Å²) in [6.07, 6.45) is 1.82. The smallest absolute Gasteiger partial charge is 0.263 e. The quantitative estimate of drug-likeness (QED) is 0.700. The van der Waals surface area contributed by atoms with Crippen molar-refractivity contribution >= 4 is 28.8 Å². The molecule has 0 unspecified atom stereocenters. The molecule has 1 aliphatic rings. The minimum Gasteiger partial charge on any atom is -0.339 e. The molecule has 150 valence electrons. The van der Waals surface area contributed by atoms with Gasteiger partial charge < -0.3 is 14.7 Å². The number of rotatable bonds is 4. The summed E-state index contributed by atoms with van der Waals surface area (Å²) in [6.45, 7) is 4.80. The Morgan fingerprint density at radius 2 is 2.00 bits per heavy atom. The zero-order valence-electron chi connectivity index (χ0n) is 16.3. The van der Waals surface area contributed by atoms with Crippen molar-refractivity contribution < 1.29 is 14.1 Å². The molecule has 3 heterocycles. The first-order chi connectivity index (χ1) is 14.0. The monoisotopic (exact) mass is 410 g/mol. The Morgan fingerprint density at radius 1 is 1.21 bits per heavy atom. The van der Waals surface area contributed by atoms with E-state index in [4.69, 9.17) is 4.52 Å². The van der Waals surface area contributed by atoms with Crippen molar-refractivity contribution in [3.63, 3.8) is 0 Å². The number of carbonyl (C=O) groups excluding carboxylic acids is 2. The van der Waals surface area contributed by atoms with Crippen LogP contribution in [0.5, 0.6) is 0 Å². The highest BCUT2D eigenvalue weighted by Gasteiger charge is 2.29. The number of nitrogens with zero attached hydrogens (tertiary/aromatic N) is 3. The number of anilines is 1. The van der Waals surface area contributed by atoms with Crippen LogP contribution in [0, 0.1) is 6.92 Å². The largest absolute Gasteiger partial charge is 0.339 e. The predicted octanol–water partition coefficient (Wildman–Crippen LogP) is 4.08. The molecule has 0 spiro atoms. The number of amides is 2. The lowest BCUT2D eigenvalue weighted by Gasteiger charge is -2.30. The Bertz CT molecular complexity index is 1020. The van der Waals surface area contributed by atoms with E-state index in [1.165, 1.54) is 18.3 Å². The van der Waals surface area contributed by atoms with Crippen molar-refractivity contribution in [3.8, 4) is 11.4 Å². The Kier molecular flexibility index (Phi) is 5.44. The summed E-state index contributed by atoms with van der Waals surface area (Å²) >= 11 is 1.52. The second kappa shape index (κ2) is 8.16. The van der Waals surface area contributed by atoms with Gasteiger partial charge in [-0.1, -0.05) is 5.16 Å². The summed E-state index contributed by atoms with van der Waals surface area (Å²) in [5, 5.41) is 6.84. The predicted molar refractivity (Wildman–Crippen MR) is 111 cm³/mol. The summed E-state index contributed by atoms with van der Waals surface area (Å²) < 4.78 is 5.53. The molecule has 2 aromatic heterocycles. The number of hydrogen-bond donors (Lipinski definition) is 1. The molecule has 4 rings (SSSR count). The number of aromatic nitrogens is 2. The fourth-order valence-corrected chi connectivity index (χ4v) is 4.33. The fraction of sp³-hybridized carbons (Fsp3) is 0.333. The third-order valence-electron chi connectivity index (χ3n) is 4.91. The van der Waals surface area contributed by atoms with Crippen molar-refractivity contribution in [3.05, 3.63) is 52.0 Å². The molecule has 7 nitrogen and oxygen atoms in total. The number of piperidine rings is 1. The molecule has 0 saturated carbocycles. The molecule has 3 aromatic rings. The van der Waals surface area contributed by atoms with Gasteiger partial charge in [0.25, 0.3) is 5.91 Å². The lowest BCUT2D eigenvalue weighted by atomic mass is 9.98. The van der Waals surface area contributed by atoms with Crippen molar-refractivity contribution in [2.45, 2.75) is 32.6 Å². The summed E-state index contributed by atoms with van der Waals surface area (Å²) in [7, 11) is 0. The molecular formula is C21H22N4O3S. The van der Waals surface area contributed by atoms with E-state index in [1.54, 1.807) is 12.1 Å². The van der Waals surface area contributed by atoms with Crippen molar-refractivity contribution in [1.29, 1.82) is 0 Å². The van der Waals surface area contributed by atoms with Crippen LogP contribution in [0.25, 0.3) is 11.4 Å².